The summed E-state index contributed by atoms with van der Waals surface area (Å²) < 4.78 is 36.2. The van der Waals surface area contributed by atoms with E-state index in [0.717, 1.165) is 11.1 Å². The Morgan fingerprint density at radius 2 is 1.21 bits per heavy atom. The molecule has 0 radical (unpaired) electrons. The molecule has 3 aliphatic heterocycles. The van der Waals surface area contributed by atoms with Gasteiger partial charge in [0.25, 0.3) is 23.6 Å². The Kier molecular flexibility index (Phi) is 15.5. The molecule has 0 spiro atoms. The van der Waals surface area contributed by atoms with Gasteiger partial charge in [0.2, 0.25) is 5.91 Å². The van der Waals surface area contributed by atoms with Gasteiger partial charge in [0.1, 0.15) is 17.3 Å². The van der Waals surface area contributed by atoms with Crippen LogP contribution in [0.2, 0.25) is 0 Å². The number of rotatable bonds is 19. The third kappa shape index (κ3) is 11.3. The number of hydrogen-bond acceptors (Lipinski definition) is 10. The average molecular weight is 1100 g/mol. The lowest BCUT2D eigenvalue weighted by Crippen LogP contribution is -2.30. The first-order chi connectivity index (χ1) is 35.8. The van der Waals surface area contributed by atoms with Crippen molar-refractivity contribution in [3.63, 3.8) is 0 Å². The summed E-state index contributed by atoms with van der Waals surface area (Å²) in [4.78, 5) is 113. The number of nitrogens with zero attached hydrogens (tertiary/aromatic N) is 5. The summed E-state index contributed by atoms with van der Waals surface area (Å²) in [6.07, 6.45) is 10.7. The Balaban J connectivity index is 0.998. The number of aryl methyl sites for hydroxylation is 1. The second kappa shape index (κ2) is 21.9. The minimum atomic E-state index is -4.99. The average Bonchev–Trinajstić information content (AvgIpc) is 4.14. The minimum absolute atomic E-state index is 0.0968. The summed E-state index contributed by atoms with van der Waals surface area (Å²) in [5.41, 5.74) is 4.40. The molecule has 0 saturated heterocycles. The topological polar surface area (TPSA) is 258 Å². The molecule has 0 aliphatic carbocycles. The maximum atomic E-state index is 14.3. The van der Waals surface area contributed by atoms with Gasteiger partial charge in [-0.1, -0.05) is 67.1 Å². The van der Waals surface area contributed by atoms with Crippen molar-refractivity contribution in [2.75, 3.05) is 47.7 Å². The number of imide groups is 1. The predicted octanol–water partition coefficient (Wildman–Crippen LogP) is 7.73. The number of anilines is 2. The third-order valence-corrected chi connectivity index (χ3v) is 15.1. The third-order valence-electron chi connectivity index (χ3n) is 13.4. The fourth-order valence-corrected chi connectivity index (χ4v) is 11.4. The van der Waals surface area contributed by atoms with Gasteiger partial charge >= 0.3 is 15.6 Å². The van der Waals surface area contributed by atoms with Gasteiger partial charge in [-0.2, -0.15) is 0 Å². The minimum Gasteiger partial charge on any atom is -0.404 e. The molecular formula is C52H50Cl2N6O13P2. The number of phosphoric acid groups is 2. The number of amides is 5. The monoisotopic (exact) mass is 1100 g/mol. The number of unbranched alkanes of at least 4 members (excludes halogenated alkanes) is 2. The second-order valence-electron chi connectivity index (χ2n) is 18.2. The van der Waals surface area contributed by atoms with E-state index in [1.165, 1.54) is 51.1 Å². The van der Waals surface area contributed by atoms with Crippen molar-refractivity contribution in [2.45, 2.75) is 43.9 Å². The summed E-state index contributed by atoms with van der Waals surface area (Å²) >= 11 is 12.9. The molecule has 2 atom stereocenters. The van der Waals surface area contributed by atoms with Crippen molar-refractivity contribution < 1.29 is 61.7 Å². The predicted molar refractivity (Wildman–Crippen MR) is 285 cm³/mol. The molecule has 9 rings (SSSR count). The number of phosphoric ester groups is 2. The highest BCUT2D eigenvalue weighted by Crippen LogP contribution is 2.51. The second-order valence-corrected chi connectivity index (χ2v) is 21.2. The summed E-state index contributed by atoms with van der Waals surface area (Å²) in [5, 5.41) is 5.10. The summed E-state index contributed by atoms with van der Waals surface area (Å²) in [7, 11) is -8.20. The van der Waals surface area contributed by atoms with Crippen molar-refractivity contribution in [3.8, 4) is 11.5 Å². The van der Waals surface area contributed by atoms with Crippen LogP contribution in [-0.4, -0.2) is 101 Å². The molecule has 5 aromatic carbocycles. The largest absolute Gasteiger partial charge is 0.524 e. The number of aromatic nitrogens is 2. The zero-order chi connectivity index (χ0) is 53.3. The number of carbonyl (C=O) groups is 5. The van der Waals surface area contributed by atoms with Crippen LogP contribution in [0.5, 0.6) is 11.5 Å². The maximum absolute atomic E-state index is 14.3. The molecule has 4 heterocycles. The summed E-state index contributed by atoms with van der Waals surface area (Å²) in [5.74, 6) is -1.72. The molecule has 0 unspecified atom stereocenters. The van der Waals surface area contributed by atoms with Crippen molar-refractivity contribution >= 4 is 124 Å². The van der Waals surface area contributed by atoms with Crippen LogP contribution in [0.1, 0.15) is 65.6 Å². The van der Waals surface area contributed by atoms with E-state index in [0.29, 0.717) is 86.6 Å². The zero-order valence-electron chi connectivity index (χ0n) is 40.2. The fraction of sp³-hybridized carbons (Fsp3) is 0.269. The standard InChI is InChI=1S/C52H50Cl2N6O13P2/c1-57-43(22-23-55-44(61)13-3-2-8-24-58-45(62)20-21-46(58)63)56-51-31(16-18-47(64)59-29-33(27-53)49-37-11-6-4-9-35(37)41(25-39(49)59)72-74(66,67)68)14-15-32(52(51)57)17-19-48(65)60-30-34(28-54)50-38-12-7-5-10-36(38)42(26-40(50)60)73-75(69,70)71/h4-7,9-12,14-21,25-26,33-34H,2-3,8,13,22-24,27-30H2,1H3,(H,55,61)(H2,66,67,68)(H2,69,70,71)/b18-16+,19-17+/t33-,34-/m1/s1. The molecule has 5 amide bonds. The van der Waals surface area contributed by atoms with E-state index in [2.05, 4.69) is 5.32 Å². The van der Waals surface area contributed by atoms with Crippen LogP contribution in [0.4, 0.5) is 11.4 Å². The Bertz CT molecular complexity index is 3500. The quantitative estimate of drug-likeness (QED) is 0.0171. The highest BCUT2D eigenvalue weighted by atomic mass is 35.5. The molecule has 19 nitrogen and oxygen atoms in total. The van der Waals surface area contributed by atoms with Gasteiger partial charge < -0.3 is 28.7 Å². The van der Waals surface area contributed by atoms with Gasteiger partial charge in [0, 0.05) is 128 Å². The number of imidazole rings is 1. The van der Waals surface area contributed by atoms with Crippen LogP contribution in [0.15, 0.2) is 97.1 Å². The number of halogens is 2. The molecular weight excluding hydrogens is 1050 g/mol. The van der Waals surface area contributed by atoms with Gasteiger partial charge in [0.15, 0.2) is 0 Å². The van der Waals surface area contributed by atoms with Crippen LogP contribution < -0.4 is 24.2 Å². The summed E-state index contributed by atoms with van der Waals surface area (Å²) in [6, 6.07) is 20.3. The number of nitrogens with one attached hydrogen (secondary N) is 1. The molecule has 3 aliphatic rings. The van der Waals surface area contributed by atoms with Crippen LogP contribution >= 0.6 is 38.8 Å². The molecule has 0 saturated carbocycles. The number of alkyl halides is 2. The molecule has 0 fully saturated rings. The Morgan fingerprint density at radius 1 is 0.720 bits per heavy atom. The molecule has 1 aromatic heterocycles. The molecule has 390 valence electrons. The molecule has 75 heavy (non-hydrogen) atoms. The highest BCUT2D eigenvalue weighted by Gasteiger charge is 2.37. The molecule has 6 aromatic rings. The highest BCUT2D eigenvalue weighted by molar-refractivity contribution is 7.47. The fourth-order valence-electron chi connectivity index (χ4n) is 10.1. The lowest BCUT2D eigenvalue weighted by atomic mass is 9.95. The van der Waals surface area contributed by atoms with Crippen molar-refractivity contribution in [1.82, 2.24) is 19.8 Å². The van der Waals surface area contributed by atoms with E-state index in [1.54, 1.807) is 79.9 Å². The lowest BCUT2D eigenvalue weighted by molar-refractivity contribution is -0.137. The van der Waals surface area contributed by atoms with Crippen molar-refractivity contribution in [3.05, 3.63) is 125 Å². The van der Waals surface area contributed by atoms with Crippen LogP contribution in [0.25, 0.3) is 44.7 Å². The van der Waals surface area contributed by atoms with Gasteiger partial charge in [-0.3, -0.25) is 48.4 Å². The van der Waals surface area contributed by atoms with E-state index in [1.807, 2.05) is 4.57 Å². The number of benzene rings is 5. The first kappa shape index (κ1) is 53.2. The Labute approximate surface area is 439 Å². The SMILES string of the molecule is Cn1c(CCNC(=O)CCCCCN2C(=O)C=CC2=O)nc2c(/C=C/C(=O)N3C[C@@H](CCl)c4c3cc(OP(=O)(O)O)c3ccccc43)ccc(/C=C/C(=O)N3C[C@@H](CCl)c4c3cc(OP(=O)(O)O)c3ccccc43)c21. The van der Waals surface area contributed by atoms with Gasteiger partial charge in [-0.05, 0) is 46.9 Å². The van der Waals surface area contributed by atoms with E-state index >= 15 is 0 Å². The maximum Gasteiger partial charge on any atom is 0.524 e. The van der Waals surface area contributed by atoms with Crippen molar-refractivity contribution in [1.29, 1.82) is 0 Å². The van der Waals surface area contributed by atoms with E-state index in [9.17, 15) is 52.7 Å². The number of hydrogen-bond donors (Lipinski definition) is 5. The summed E-state index contributed by atoms with van der Waals surface area (Å²) in [6.45, 7) is 0.863. The number of fused-ring (bicyclic) bond motifs is 7. The normalized spacial score (nSPS) is 16.7. The van der Waals surface area contributed by atoms with Gasteiger partial charge in [0.05, 0.1) is 22.4 Å². The van der Waals surface area contributed by atoms with E-state index in [4.69, 9.17) is 37.2 Å². The Hall–Kier alpha value is -6.66. The van der Waals surface area contributed by atoms with E-state index in [-0.39, 0.29) is 85.4 Å². The number of carbonyl (C=O) groups excluding carboxylic acids is 5. The molecule has 5 N–H and O–H groups in total. The van der Waals surface area contributed by atoms with Crippen molar-refractivity contribution in [2.24, 2.45) is 7.05 Å². The lowest BCUT2D eigenvalue weighted by Gasteiger charge is -2.18. The molecule has 23 heteroatoms. The van der Waals surface area contributed by atoms with Crippen LogP contribution in [0, 0.1) is 0 Å². The van der Waals surface area contributed by atoms with Crippen LogP contribution in [0.3, 0.4) is 0 Å². The molecule has 0 bridgehead atoms. The smallest absolute Gasteiger partial charge is 0.404 e. The Morgan fingerprint density at radius 3 is 1.72 bits per heavy atom. The first-order valence-corrected chi connectivity index (χ1v) is 28.0. The van der Waals surface area contributed by atoms with Gasteiger partial charge in [-0.25, -0.2) is 14.1 Å². The zero-order valence-corrected chi connectivity index (χ0v) is 43.5. The van der Waals surface area contributed by atoms with Crippen LogP contribution in [-0.2, 0) is 46.6 Å². The van der Waals surface area contributed by atoms with Gasteiger partial charge in [-0.15, -0.1) is 23.2 Å². The first-order valence-electron chi connectivity index (χ1n) is 23.8. The van der Waals surface area contributed by atoms with E-state index < -0.39 is 27.5 Å².